The Morgan fingerprint density at radius 2 is 2.56 bits per heavy atom. The molecule has 0 N–H and O–H groups in total. The van der Waals surface area contributed by atoms with Gasteiger partial charge in [-0.25, -0.2) is 4.79 Å². The van der Waals surface area contributed by atoms with Crippen LogP contribution in [0.15, 0.2) is 4.99 Å². The molecule has 0 aromatic carbocycles. The van der Waals surface area contributed by atoms with Gasteiger partial charge in [0.25, 0.3) is 0 Å². The van der Waals surface area contributed by atoms with Crippen LogP contribution < -0.4 is 0 Å². The molecule has 0 aromatic heterocycles. The highest BCUT2D eigenvalue weighted by molar-refractivity contribution is 5.71. The third kappa shape index (κ3) is 4.28. The number of hydrogen-bond acceptors (Lipinski definition) is 5. The number of carbonyl (C=O) groups is 1. The largest absolute Gasteiger partial charge is 0.514 e. The van der Waals surface area contributed by atoms with Crippen LogP contribution in [0.4, 0.5) is 4.79 Å². The van der Waals surface area contributed by atoms with Crippen molar-refractivity contribution in [3.63, 3.8) is 0 Å². The molecule has 0 unspecified atom stereocenters. The van der Waals surface area contributed by atoms with E-state index in [2.05, 4.69) is 14.5 Å². The van der Waals surface area contributed by atoms with Crippen molar-refractivity contribution in [1.29, 1.82) is 5.26 Å². The molecule has 0 saturated heterocycles. The first-order chi connectivity index (χ1) is 4.31. The number of methoxy groups -OCH3 is 1. The molecule has 0 radical (unpaired) electrons. The minimum Gasteiger partial charge on any atom is -0.437 e. The molecule has 5 nitrogen and oxygen atoms in total. The van der Waals surface area contributed by atoms with Crippen molar-refractivity contribution in [2.24, 2.45) is 4.99 Å². The van der Waals surface area contributed by atoms with E-state index >= 15 is 0 Å². The Hall–Kier alpha value is -1.57. The fourth-order valence-electron chi connectivity index (χ4n) is 0.141. The highest BCUT2D eigenvalue weighted by atomic mass is 16.7. The van der Waals surface area contributed by atoms with Crippen molar-refractivity contribution in [3.05, 3.63) is 0 Å². The second-order valence-corrected chi connectivity index (χ2v) is 0.906. The van der Waals surface area contributed by atoms with Crippen LogP contribution in [0.1, 0.15) is 0 Å². The van der Waals surface area contributed by atoms with Gasteiger partial charge in [-0.15, -0.1) is 4.99 Å². The lowest BCUT2D eigenvalue weighted by atomic mass is 11.2. The smallest absolute Gasteiger partial charge is 0.437 e. The molecule has 48 valence electrons. The first kappa shape index (κ1) is 7.43. The molecule has 0 aliphatic heterocycles. The molecule has 0 aliphatic rings. The molecule has 9 heavy (non-hydrogen) atoms. The van der Waals surface area contributed by atoms with Gasteiger partial charge >= 0.3 is 6.16 Å². The Labute approximate surface area is 51.5 Å². The van der Waals surface area contributed by atoms with Gasteiger partial charge in [0.1, 0.15) is 0 Å². The fourth-order valence-corrected chi connectivity index (χ4v) is 0.141. The molecule has 0 aromatic rings. The van der Waals surface area contributed by atoms with Gasteiger partial charge in [0.05, 0.1) is 7.11 Å². The lowest BCUT2D eigenvalue weighted by Crippen LogP contribution is -2.01. The number of aliphatic imine (C=N–C) groups is 1. The molecule has 0 spiro atoms. The van der Waals surface area contributed by atoms with Crippen LogP contribution in [0.2, 0.25) is 0 Å². The van der Waals surface area contributed by atoms with Gasteiger partial charge in [-0.05, 0) is 0 Å². The van der Waals surface area contributed by atoms with Gasteiger partial charge < -0.3 is 9.47 Å². The van der Waals surface area contributed by atoms with Crippen molar-refractivity contribution in [2.75, 3.05) is 7.11 Å². The summed E-state index contributed by atoms with van der Waals surface area (Å²) in [5, 5.41) is 7.77. The zero-order valence-electron chi connectivity index (χ0n) is 4.70. The highest BCUT2D eigenvalue weighted by Gasteiger charge is 1.93. The number of rotatable bonds is 1. The first-order valence-corrected chi connectivity index (χ1v) is 1.96. The predicted molar refractivity (Wildman–Crippen MR) is 27.6 cm³/mol. The van der Waals surface area contributed by atoms with Crippen molar-refractivity contribution in [3.8, 4) is 6.19 Å². The Morgan fingerprint density at radius 3 is 3.00 bits per heavy atom. The summed E-state index contributed by atoms with van der Waals surface area (Å²) in [6.07, 6.45) is 1.19. The highest BCUT2D eigenvalue weighted by Crippen LogP contribution is 1.76. The summed E-state index contributed by atoms with van der Waals surface area (Å²) in [6, 6.07) is 0. The number of hydrogen-bond donors (Lipinski definition) is 0. The molecule has 0 amide bonds. The number of ether oxygens (including phenoxy) is 2. The van der Waals surface area contributed by atoms with Crippen molar-refractivity contribution in [1.82, 2.24) is 0 Å². The van der Waals surface area contributed by atoms with E-state index in [-0.39, 0.29) is 0 Å². The number of nitrogens with zero attached hydrogens (tertiary/aromatic N) is 2. The lowest BCUT2D eigenvalue weighted by Gasteiger charge is -1.90. The average Bonchev–Trinajstić information content (AvgIpc) is 1.89. The van der Waals surface area contributed by atoms with E-state index in [1.807, 2.05) is 0 Å². The summed E-state index contributed by atoms with van der Waals surface area (Å²) in [7, 11) is 1.16. The molecule has 0 aliphatic carbocycles. The molecular weight excluding hydrogens is 124 g/mol. The monoisotopic (exact) mass is 128 g/mol. The van der Waals surface area contributed by atoms with Gasteiger partial charge in [-0.2, -0.15) is 5.26 Å². The van der Waals surface area contributed by atoms with Crippen LogP contribution in [0.5, 0.6) is 0 Å². The maximum Gasteiger partial charge on any atom is 0.514 e. The van der Waals surface area contributed by atoms with E-state index in [0.29, 0.717) is 6.40 Å². The van der Waals surface area contributed by atoms with Crippen LogP contribution in [-0.4, -0.2) is 19.7 Å². The zero-order chi connectivity index (χ0) is 7.11. The minimum atomic E-state index is -0.894. The second-order valence-electron chi connectivity index (χ2n) is 0.906. The summed E-state index contributed by atoms with van der Waals surface area (Å²) in [6.45, 7) is 0. The third-order valence-corrected chi connectivity index (χ3v) is 0.426. The predicted octanol–water partition coefficient (Wildman–Crippen LogP) is 0.279. The van der Waals surface area contributed by atoms with E-state index < -0.39 is 6.16 Å². The Balaban J connectivity index is 3.41. The summed E-state index contributed by atoms with van der Waals surface area (Å²) >= 11 is 0. The maximum absolute atomic E-state index is 10.0. The van der Waals surface area contributed by atoms with Crippen LogP contribution in [0, 0.1) is 11.5 Å². The van der Waals surface area contributed by atoms with Gasteiger partial charge in [0.2, 0.25) is 6.19 Å². The van der Waals surface area contributed by atoms with Crippen molar-refractivity contribution in [2.45, 2.75) is 0 Å². The lowest BCUT2D eigenvalue weighted by molar-refractivity contribution is 0.120. The topological polar surface area (TPSA) is 71.7 Å². The van der Waals surface area contributed by atoms with E-state index in [0.717, 1.165) is 7.11 Å². The number of carbonyl (C=O) groups excluding carboxylic acids is 1. The van der Waals surface area contributed by atoms with Crippen molar-refractivity contribution < 1.29 is 14.3 Å². The maximum atomic E-state index is 10.0. The van der Waals surface area contributed by atoms with Crippen LogP contribution in [0.3, 0.4) is 0 Å². The number of nitriles is 1. The second kappa shape index (κ2) is 4.59. The molecular formula is C4H4N2O3. The van der Waals surface area contributed by atoms with Crippen molar-refractivity contribution >= 4 is 12.6 Å². The minimum absolute atomic E-state index is 0.700. The molecule has 0 saturated carbocycles. The van der Waals surface area contributed by atoms with Crippen LogP contribution in [-0.2, 0) is 9.47 Å². The summed E-state index contributed by atoms with van der Waals surface area (Å²) in [5.41, 5.74) is 0. The molecule has 0 atom stereocenters. The summed E-state index contributed by atoms with van der Waals surface area (Å²) in [4.78, 5) is 13.0. The standard InChI is InChI=1S/C4H4N2O3/c1-8-4(7)9-3-6-2-5/h3H,1H3. The normalized spacial score (nSPS) is 8.44. The molecule has 5 heteroatoms. The quantitative estimate of drug-likeness (QED) is 0.220. The van der Waals surface area contributed by atoms with Gasteiger partial charge in [-0.1, -0.05) is 0 Å². The van der Waals surface area contributed by atoms with E-state index in [1.54, 1.807) is 0 Å². The third-order valence-electron chi connectivity index (χ3n) is 0.426. The Bertz CT molecular complexity index is 158. The van der Waals surface area contributed by atoms with Crippen LogP contribution >= 0.6 is 0 Å². The van der Waals surface area contributed by atoms with Gasteiger partial charge in [0, 0.05) is 0 Å². The van der Waals surface area contributed by atoms with Gasteiger partial charge in [0.15, 0.2) is 6.40 Å². The molecule has 0 fully saturated rings. The average molecular weight is 128 g/mol. The fraction of sp³-hybridized carbons (Fsp3) is 0.250. The Kier molecular flexibility index (Phi) is 3.79. The molecule has 0 rings (SSSR count). The zero-order valence-corrected chi connectivity index (χ0v) is 4.70. The summed E-state index contributed by atoms with van der Waals surface area (Å²) in [5.74, 6) is 0. The van der Waals surface area contributed by atoms with Gasteiger partial charge in [-0.3, -0.25) is 0 Å². The van der Waals surface area contributed by atoms with Crippen LogP contribution in [0.25, 0.3) is 0 Å². The molecule has 0 bridgehead atoms. The molecule has 0 heterocycles. The van der Waals surface area contributed by atoms with E-state index in [9.17, 15) is 4.79 Å². The first-order valence-electron chi connectivity index (χ1n) is 1.96. The van der Waals surface area contributed by atoms with E-state index in [4.69, 9.17) is 5.26 Å². The summed E-state index contributed by atoms with van der Waals surface area (Å²) < 4.78 is 8.09. The van der Waals surface area contributed by atoms with E-state index in [1.165, 1.54) is 6.19 Å². The Morgan fingerprint density at radius 1 is 1.89 bits per heavy atom. The SMILES string of the molecule is COC(=O)OC=NC#N.